The van der Waals surface area contributed by atoms with Gasteiger partial charge in [-0.15, -0.1) is 0 Å². The van der Waals surface area contributed by atoms with E-state index in [1.54, 1.807) is 0 Å². The molecule has 0 saturated heterocycles. The van der Waals surface area contributed by atoms with Gasteiger partial charge in [0, 0.05) is 23.7 Å². The molecule has 0 radical (unpaired) electrons. The van der Waals surface area contributed by atoms with Crippen molar-refractivity contribution in [1.29, 1.82) is 0 Å². The zero-order chi connectivity index (χ0) is 13.9. The van der Waals surface area contributed by atoms with Gasteiger partial charge >= 0.3 is 0 Å². The molecule has 0 saturated carbocycles. The normalized spacial score (nSPS) is 10.7. The van der Waals surface area contributed by atoms with Crippen molar-refractivity contribution in [2.24, 2.45) is 5.73 Å². The molecule has 0 spiro atoms. The zero-order valence-electron chi connectivity index (χ0n) is 11.2. The first kappa shape index (κ1) is 12.6. The number of aromatic nitrogens is 2. The molecule has 20 heavy (non-hydrogen) atoms. The third-order valence-corrected chi connectivity index (χ3v) is 3.03. The summed E-state index contributed by atoms with van der Waals surface area (Å²) < 4.78 is 5.86. The molecule has 2 N–H and O–H groups in total. The molecular weight excluding hydrogens is 250 g/mol. The fourth-order valence-corrected chi connectivity index (χ4v) is 2.04. The summed E-state index contributed by atoms with van der Waals surface area (Å²) in [6.45, 7) is 2.35. The Bertz CT molecular complexity index is 756. The lowest BCUT2D eigenvalue weighted by Crippen LogP contribution is -2.00. The number of hydrogen-bond donors (Lipinski definition) is 1. The summed E-state index contributed by atoms with van der Waals surface area (Å²) >= 11 is 0. The van der Waals surface area contributed by atoms with Crippen molar-refractivity contribution in [2.75, 3.05) is 0 Å². The predicted octanol–water partition coefficient (Wildman–Crippen LogP) is 3.19. The molecule has 4 heteroatoms. The van der Waals surface area contributed by atoms with Crippen molar-refractivity contribution in [3.05, 3.63) is 59.9 Å². The van der Waals surface area contributed by atoms with Gasteiger partial charge in [0.25, 0.3) is 0 Å². The lowest BCUT2D eigenvalue weighted by atomic mass is 10.2. The molecule has 0 amide bonds. The summed E-state index contributed by atoms with van der Waals surface area (Å²) in [5.74, 6) is 1.23. The van der Waals surface area contributed by atoms with Crippen LogP contribution in [0.4, 0.5) is 0 Å². The number of aryl methyl sites for hydroxylation is 1. The molecule has 4 nitrogen and oxygen atoms in total. The second-order valence-corrected chi connectivity index (χ2v) is 4.55. The highest BCUT2D eigenvalue weighted by atomic mass is 16.5. The van der Waals surface area contributed by atoms with E-state index in [-0.39, 0.29) is 0 Å². The van der Waals surface area contributed by atoms with Gasteiger partial charge < -0.3 is 10.5 Å². The first-order valence-electron chi connectivity index (χ1n) is 6.46. The van der Waals surface area contributed by atoms with Gasteiger partial charge in [-0.25, -0.2) is 9.97 Å². The molecule has 0 fully saturated rings. The number of ether oxygens (including phenoxy) is 1. The molecule has 0 aliphatic heterocycles. The number of nitrogens with two attached hydrogens (primary N) is 1. The largest absolute Gasteiger partial charge is 0.437 e. The van der Waals surface area contributed by atoms with Gasteiger partial charge in [-0.2, -0.15) is 0 Å². The van der Waals surface area contributed by atoms with E-state index in [0.29, 0.717) is 18.2 Å². The number of pyridine rings is 2. The summed E-state index contributed by atoms with van der Waals surface area (Å²) in [5.41, 5.74) is 8.19. The lowest BCUT2D eigenvalue weighted by molar-refractivity contribution is 0.465. The quantitative estimate of drug-likeness (QED) is 0.790. The maximum atomic E-state index is 5.86. The number of fused-ring (bicyclic) bond motifs is 1. The third kappa shape index (κ3) is 2.46. The van der Waals surface area contributed by atoms with E-state index in [0.717, 1.165) is 22.3 Å². The van der Waals surface area contributed by atoms with E-state index < -0.39 is 0 Å². The smallest absolute Gasteiger partial charge is 0.219 e. The lowest BCUT2D eigenvalue weighted by Gasteiger charge is -2.08. The van der Waals surface area contributed by atoms with E-state index in [1.807, 2.05) is 55.5 Å². The summed E-state index contributed by atoms with van der Waals surface area (Å²) in [6, 6.07) is 15.4. The minimum absolute atomic E-state index is 0.393. The van der Waals surface area contributed by atoms with Gasteiger partial charge in [-0.1, -0.05) is 24.3 Å². The minimum Gasteiger partial charge on any atom is -0.437 e. The van der Waals surface area contributed by atoms with Crippen LogP contribution in [0.3, 0.4) is 0 Å². The maximum Gasteiger partial charge on any atom is 0.219 e. The van der Waals surface area contributed by atoms with Crippen LogP contribution in [0.5, 0.6) is 11.6 Å². The summed E-state index contributed by atoms with van der Waals surface area (Å²) in [6.07, 6.45) is 0. The fraction of sp³-hybridized carbons (Fsp3) is 0.125. The molecule has 0 aliphatic rings. The van der Waals surface area contributed by atoms with Crippen molar-refractivity contribution < 1.29 is 4.74 Å². The molecule has 100 valence electrons. The van der Waals surface area contributed by atoms with Gasteiger partial charge in [0.2, 0.25) is 5.88 Å². The van der Waals surface area contributed by atoms with Crippen molar-refractivity contribution in [3.63, 3.8) is 0 Å². The Balaban J connectivity index is 2.03. The Kier molecular flexibility index (Phi) is 3.31. The average molecular weight is 265 g/mol. The van der Waals surface area contributed by atoms with Crippen LogP contribution in [-0.4, -0.2) is 9.97 Å². The molecule has 0 unspecified atom stereocenters. The van der Waals surface area contributed by atoms with Crippen LogP contribution in [0, 0.1) is 6.92 Å². The minimum atomic E-state index is 0.393. The van der Waals surface area contributed by atoms with Gasteiger partial charge in [-0.05, 0) is 25.1 Å². The van der Waals surface area contributed by atoms with Crippen LogP contribution in [0.25, 0.3) is 10.9 Å². The van der Waals surface area contributed by atoms with Crippen LogP contribution in [0.1, 0.15) is 11.4 Å². The first-order valence-corrected chi connectivity index (χ1v) is 6.46. The van der Waals surface area contributed by atoms with Crippen LogP contribution in [0.15, 0.2) is 48.5 Å². The summed E-state index contributed by atoms with van der Waals surface area (Å²) in [4.78, 5) is 8.88. The fourth-order valence-electron chi connectivity index (χ4n) is 2.04. The molecule has 3 aromatic rings. The van der Waals surface area contributed by atoms with E-state index in [2.05, 4.69) is 9.97 Å². The number of para-hydroxylation sites is 1. The second-order valence-electron chi connectivity index (χ2n) is 4.55. The highest BCUT2D eigenvalue weighted by Gasteiger charge is 2.06. The van der Waals surface area contributed by atoms with Crippen molar-refractivity contribution >= 4 is 10.9 Å². The summed E-state index contributed by atoms with van der Waals surface area (Å²) in [7, 11) is 0. The van der Waals surface area contributed by atoms with E-state index in [4.69, 9.17) is 10.5 Å². The monoisotopic (exact) mass is 265 g/mol. The van der Waals surface area contributed by atoms with Crippen LogP contribution < -0.4 is 10.5 Å². The Morgan fingerprint density at radius 3 is 2.70 bits per heavy atom. The topological polar surface area (TPSA) is 61.0 Å². The maximum absolute atomic E-state index is 5.86. The van der Waals surface area contributed by atoms with Crippen LogP contribution in [-0.2, 0) is 6.54 Å². The molecule has 2 aromatic heterocycles. The summed E-state index contributed by atoms with van der Waals surface area (Å²) in [5, 5.41) is 1.04. The third-order valence-electron chi connectivity index (χ3n) is 3.03. The van der Waals surface area contributed by atoms with E-state index in [1.165, 1.54) is 0 Å². The highest BCUT2D eigenvalue weighted by Crippen LogP contribution is 2.27. The Hall–Kier alpha value is -2.46. The van der Waals surface area contributed by atoms with Crippen molar-refractivity contribution in [1.82, 2.24) is 9.97 Å². The number of benzene rings is 1. The van der Waals surface area contributed by atoms with Crippen LogP contribution in [0.2, 0.25) is 0 Å². The average Bonchev–Trinajstić information content (AvgIpc) is 2.48. The molecule has 3 rings (SSSR count). The van der Waals surface area contributed by atoms with Gasteiger partial charge in [0.1, 0.15) is 5.52 Å². The Morgan fingerprint density at radius 1 is 1.00 bits per heavy atom. The molecule has 0 aliphatic carbocycles. The number of hydrogen-bond acceptors (Lipinski definition) is 4. The predicted molar refractivity (Wildman–Crippen MR) is 78.7 cm³/mol. The SMILES string of the molecule is Cc1ccc2cccc(Oc3cccc(CN)n3)c2n1. The first-order chi connectivity index (χ1) is 9.76. The van der Waals surface area contributed by atoms with Gasteiger partial charge in [-0.3, -0.25) is 0 Å². The zero-order valence-corrected chi connectivity index (χ0v) is 11.2. The van der Waals surface area contributed by atoms with E-state index >= 15 is 0 Å². The Morgan fingerprint density at radius 2 is 1.85 bits per heavy atom. The second kappa shape index (κ2) is 5.27. The number of nitrogens with zero attached hydrogens (tertiary/aromatic N) is 2. The molecule has 2 heterocycles. The molecule has 0 atom stereocenters. The molecular formula is C16H15N3O. The highest BCUT2D eigenvalue weighted by molar-refractivity contribution is 5.84. The standard InChI is InChI=1S/C16H15N3O/c1-11-8-9-12-4-2-6-14(16(12)18-11)20-15-7-3-5-13(10-17)19-15/h2-9H,10,17H2,1H3. The van der Waals surface area contributed by atoms with Gasteiger partial charge in [0.05, 0.1) is 5.69 Å². The van der Waals surface area contributed by atoms with Crippen molar-refractivity contribution in [2.45, 2.75) is 13.5 Å². The van der Waals surface area contributed by atoms with Gasteiger partial charge in [0.15, 0.2) is 5.75 Å². The molecule has 1 aromatic carbocycles. The van der Waals surface area contributed by atoms with E-state index in [9.17, 15) is 0 Å². The van der Waals surface area contributed by atoms with Crippen molar-refractivity contribution in [3.8, 4) is 11.6 Å². The van der Waals surface area contributed by atoms with Crippen LogP contribution >= 0.6 is 0 Å². The number of rotatable bonds is 3. The molecule has 0 bridgehead atoms. The Labute approximate surface area is 117 Å².